The Balaban J connectivity index is 4.43. The van der Waals surface area contributed by atoms with E-state index in [2.05, 4.69) is 10.0 Å². The Morgan fingerprint density at radius 3 is 0.716 bits per heavy atom. The average Bonchev–Trinajstić information content (AvgIpc) is 3.41. The van der Waals surface area contributed by atoms with E-state index in [1.165, 1.54) is 0 Å². The lowest BCUT2D eigenvalue weighted by Gasteiger charge is -2.19. The van der Waals surface area contributed by atoms with Crippen LogP contribution in [0.25, 0.3) is 10.4 Å². The summed E-state index contributed by atoms with van der Waals surface area (Å²) in [4.78, 5) is 2.90. The number of ether oxygens (including phenoxy) is 12. The second-order valence-corrected chi connectivity index (χ2v) is 18.3. The summed E-state index contributed by atoms with van der Waals surface area (Å²) in [5, 5.41) is 76.8. The molecule has 0 aromatic heterocycles. The Morgan fingerprint density at radius 1 is 0.284 bits per heavy atom. The zero-order chi connectivity index (χ0) is 54.1. The van der Waals surface area contributed by atoms with Gasteiger partial charge in [-0.3, -0.25) is 0 Å². The maximum absolute atomic E-state index is 9.39. The predicted octanol–water partition coefficient (Wildman–Crippen LogP) is 3.04. The van der Waals surface area contributed by atoms with Crippen molar-refractivity contribution in [1.29, 1.82) is 0 Å². The van der Waals surface area contributed by atoms with Gasteiger partial charge in [-0.05, 0) is 121 Å². The van der Waals surface area contributed by atoms with Gasteiger partial charge in [0.2, 0.25) is 0 Å². The number of hydrogen-bond donors (Lipinski definition) is 8. The van der Waals surface area contributed by atoms with E-state index in [4.69, 9.17) is 82.8 Å². The van der Waals surface area contributed by atoms with Crippen LogP contribution in [0.1, 0.15) is 116 Å². The molecule has 74 heavy (non-hydrogen) atoms. The first-order valence-corrected chi connectivity index (χ1v) is 27.5. The highest BCUT2D eigenvalue weighted by Gasteiger charge is 2.14. The van der Waals surface area contributed by atoms with E-state index in [0.29, 0.717) is 112 Å². The lowest BCUT2D eigenvalue weighted by molar-refractivity contribution is -0.0624. The summed E-state index contributed by atoms with van der Waals surface area (Å²) in [7, 11) is 0. The zero-order valence-electron chi connectivity index (χ0n) is 45.0. The molecule has 0 radical (unpaired) electrons. The van der Waals surface area contributed by atoms with Gasteiger partial charge >= 0.3 is 0 Å². The summed E-state index contributed by atoms with van der Waals surface area (Å²) in [6, 6.07) is 0. The van der Waals surface area contributed by atoms with E-state index < -0.39 is 24.4 Å². The molecular formula is C51H103N3O20. The fourth-order valence-corrected chi connectivity index (χ4v) is 6.69. The SMILES string of the molecule is [N-]=[N+]=NCC(COCCCCCOCC(COCCCCCOCC(O)CO)OCCCCCOCC(O)CO)OCCCCCOCC(COCCCCCOCC(O)CO)OCCCCCOCC(O)CO. The maximum atomic E-state index is 9.39. The molecule has 0 aliphatic carbocycles. The van der Waals surface area contributed by atoms with Crippen LogP contribution in [0.5, 0.6) is 0 Å². The van der Waals surface area contributed by atoms with Crippen LogP contribution in [-0.2, 0) is 56.8 Å². The lowest BCUT2D eigenvalue weighted by Crippen LogP contribution is -2.27. The van der Waals surface area contributed by atoms with Crippen molar-refractivity contribution in [3.05, 3.63) is 10.4 Å². The number of unbranched alkanes of at least 4 members (excludes halogenated alkanes) is 12. The first-order valence-electron chi connectivity index (χ1n) is 27.5. The van der Waals surface area contributed by atoms with E-state index in [1.54, 1.807) is 0 Å². The molecule has 0 saturated carbocycles. The summed E-state index contributed by atoms with van der Waals surface area (Å²) in [5.74, 6) is 0. The van der Waals surface area contributed by atoms with Gasteiger partial charge in [-0.2, -0.15) is 0 Å². The molecule has 0 saturated heterocycles. The molecule has 23 heteroatoms. The van der Waals surface area contributed by atoms with Crippen LogP contribution in [0.3, 0.4) is 0 Å². The highest BCUT2D eigenvalue weighted by molar-refractivity contribution is 4.63. The third-order valence-corrected chi connectivity index (χ3v) is 11.0. The van der Waals surface area contributed by atoms with Gasteiger partial charge < -0.3 is 97.7 Å². The van der Waals surface area contributed by atoms with E-state index in [0.717, 1.165) is 116 Å². The van der Waals surface area contributed by atoms with E-state index in [1.807, 2.05) is 0 Å². The molecule has 0 rings (SSSR count). The van der Waals surface area contributed by atoms with E-state index in [-0.39, 0.29) is 77.7 Å². The molecule has 0 aromatic rings. The van der Waals surface area contributed by atoms with Gasteiger partial charge in [0.1, 0.15) is 36.6 Å². The fourth-order valence-electron chi connectivity index (χ4n) is 6.69. The Bertz CT molecular complexity index is 1160. The number of aliphatic hydroxyl groups is 8. The molecular weight excluding hydrogens is 975 g/mol. The standard InChI is InChI=1S/C51H103N3O20/c52-54-53-31-49(72-28-16-6-15-27-71-44-51(74-30-18-5-14-22-66-39-48(62)35-58)43-69-25-11-2-8-20-64-37-46(60)33-56)40-67-23-9-3-12-26-70-42-50(73-29-17-4-13-21-65-38-47(61)34-57)41-68-24-10-1-7-19-63-36-45(59)32-55/h45-51,55-62H,1-44H2. The number of hydrogen-bond acceptors (Lipinski definition) is 21. The van der Waals surface area contributed by atoms with Crippen LogP contribution in [0, 0.1) is 0 Å². The van der Waals surface area contributed by atoms with Crippen molar-refractivity contribution >= 4 is 0 Å². The van der Waals surface area contributed by atoms with Gasteiger partial charge in [0.15, 0.2) is 0 Å². The van der Waals surface area contributed by atoms with Crippen LogP contribution in [0.2, 0.25) is 0 Å². The molecule has 23 nitrogen and oxygen atoms in total. The molecule has 0 aromatic carbocycles. The third-order valence-electron chi connectivity index (χ3n) is 11.0. The van der Waals surface area contributed by atoms with E-state index in [9.17, 15) is 20.4 Å². The van der Waals surface area contributed by atoms with Gasteiger partial charge in [0.25, 0.3) is 0 Å². The van der Waals surface area contributed by atoms with Crippen LogP contribution in [-0.4, -0.2) is 255 Å². The summed E-state index contributed by atoms with van der Waals surface area (Å²) in [5.41, 5.74) is 8.91. The summed E-state index contributed by atoms with van der Waals surface area (Å²) in [6.07, 6.45) is 11.4. The van der Waals surface area contributed by atoms with Crippen LogP contribution >= 0.6 is 0 Å². The van der Waals surface area contributed by atoms with Gasteiger partial charge in [0, 0.05) is 84.2 Å². The molecule has 0 fully saturated rings. The van der Waals surface area contributed by atoms with Gasteiger partial charge in [-0.25, -0.2) is 0 Å². The topological polar surface area (TPSA) is 321 Å². The number of rotatable bonds is 63. The second kappa shape index (κ2) is 59.2. The van der Waals surface area contributed by atoms with Crippen molar-refractivity contribution < 1.29 is 97.7 Å². The molecule has 0 bridgehead atoms. The molecule has 0 spiro atoms. The van der Waals surface area contributed by atoms with E-state index >= 15 is 0 Å². The quantitative estimate of drug-likeness (QED) is 0.0188. The first kappa shape index (κ1) is 72.5. The molecule has 0 heterocycles. The minimum atomic E-state index is -0.853. The van der Waals surface area contributed by atoms with Crippen molar-refractivity contribution in [2.24, 2.45) is 5.11 Å². The van der Waals surface area contributed by atoms with Gasteiger partial charge in [0.05, 0.1) is 98.5 Å². The number of azide groups is 1. The van der Waals surface area contributed by atoms with Crippen molar-refractivity contribution in [1.82, 2.24) is 0 Å². The Morgan fingerprint density at radius 2 is 0.486 bits per heavy atom. The van der Waals surface area contributed by atoms with Crippen LogP contribution in [0.15, 0.2) is 5.11 Å². The number of aliphatic hydroxyl groups excluding tert-OH is 8. The molecule has 8 N–H and O–H groups in total. The van der Waals surface area contributed by atoms with Crippen molar-refractivity contribution in [2.45, 2.75) is 158 Å². The molecule has 0 aliphatic rings. The fraction of sp³-hybridized carbons (Fsp3) is 1.00. The zero-order valence-corrected chi connectivity index (χ0v) is 45.0. The second-order valence-electron chi connectivity index (χ2n) is 18.3. The van der Waals surface area contributed by atoms with Crippen molar-refractivity contribution in [2.75, 3.05) is 172 Å². The Labute approximate surface area is 442 Å². The Kier molecular flexibility index (Phi) is 58.0. The largest absolute Gasteiger partial charge is 0.394 e. The molecule has 442 valence electrons. The minimum Gasteiger partial charge on any atom is -0.394 e. The lowest BCUT2D eigenvalue weighted by atomic mass is 10.2. The highest BCUT2D eigenvalue weighted by Crippen LogP contribution is 2.09. The predicted molar refractivity (Wildman–Crippen MR) is 276 cm³/mol. The monoisotopic (exact) mass is 1080 g/mol. The third kappa shape index (κ3) is 53.9. The van der Waals surface area contributed by atoms with Crippen LogP contribution in [0.4, 0.5) is 0 Å². The smallest absolute Gasteiger partial charge is 0.104 e. The Hall–Kier alpha value is -1.49. The molecule has 7 atom stereocenters. The molecule has 0 aliphatic heterocycles. The maximum Gasteiger partial charge on any atom is 0.104 e. The number of nitrogens with zero attached hydrogens (tertiary/aromatic N) is 3. The summed E-state index contributed by atoms with van der Waals surface area (Å²) in [6.45, 7) is 7.97. The highest BCUT2D eigenvalue weighted by atomic mass is 16.6. The first-order chi connectivity index (χ1) is 36.3. The summed E-state index contributed by atoms with van der Waals surface area (Å²) >= 11 is 0. The van der Waals surface area contributed by atoms with Crippen LogP contribution < -0.4 is 0 Å². The summed E-state index contributed by atoms with van der Waals surface area (Å²) < 4.78 is 69.4. The minimum absolute atomic E-state index is 0.120. The molecule has 7 unspecified atom stereocenters. The van der Waals surface area contributed by atoms with Crippen molar-refractivity contribution in [3.8, 4) is 0 Å². The van der Waals surface area contributed by atoms with Gasteiger partial charge in [-0.15, -0.1) is 0 Å². The average molecular weight is 1080 g/mol. The van der Waals surface area contributed by atoms with Gasteiger partial charge in [-0.1, -0.05) is 5.11 Å². The normalized spacial score (nSPS) is 14.7. The van der Waals surface area contributed by atoms with Crippen molar-refractivity contribution in [3.63, 3.8) is 0 Å². The molecule has 0 amide bonds.